The molecule has 4 rings (SSSR count). The van der Waals surface area contributed by atoms with Crippen LogP contribution in [0.3, 0.4) is 0 Å². The van der Waals surface area contributed by atoms with Gasteiger partial charge in [-0.3, -0.25) is 10.2 Å². The van der Waals surface area contributed by atoms with Crippen molar-refractivity contribution in [2.45, 2.75) is 13.5 Å². The zero-order valence-corrected chi connectivity index (χ0v) is 16.2. The Morgan fingerprint density at radius 3 is 2.41 bits per heavy atom. The van der Waals surface area contributed by atoms with Gasteiger partial charge in [0.05, 0.1) is 5.69 Å². The van der Waals surface area contributed by atoms with Crippen LogP contribution in [0, 0.1) is 5.82 Å². The topological polar surface area (TPSA) is 44.4 Å². The summed E-state index contributed by atoms with van der Waals surface area (Å²) in [4.78, 5) is 14.2. The first-order chi connectivity index (χ1) is 14.2. The summed E-state index contributed by atoms with van der Waals surface area (Å²) in [6.45, 7) is 3.13. The second-order valence-corrected chi connectivity index (χ2v) is 6.86. The highest BCUT2D eigenvalue weighted by Gasteiger charge is 2.19. The summed E-state index contributed by atoms with van der Waals surface area (Å²) in [5.74, 6) is -0.438. The summed E-state index contributed by atoms with van der Waals surface area (Å²) in [5, 5.41) is 0. The minimum Gasteiger partial charge on any atom is -0.336 e. The molecule has 0 fully saturated rings. The van der Waals surface area contributed by atoms with Crippen LogP contribution in [0.1, 0.15) is 34.0 Å². The number of fused-ring (bicyclic) bond motifs is 2. The van der Waals surface area contributed by atoms with Crippen molar-refractivity contribution >= 4 is 29.4 Å². The molecule has 4 nitrogen and oxygen atoms in total. The molecule has 0 saturated carbocycles. The predicted molar refractivity (Wildman–Crippen MR) is 115 cm³/mol. The molecule has 5 heteroatoms. The van der Waals surface area contributed by atoms with Gasteiger partial charge < -0.3 is 4.90 Å². The molecule has 3 aromatic carbocycles. The highest BCUT2D eigenvalue weighted by molar-refractivity contribution is 5.94. The van der Waals surface area contributed by atoms with E-state index in [-0.39, 0.29) is 11.7 Å². The van der Waals surface area contributed by atoms with Crippen molar-refractivity contribution in [2.75, 3.05) is 11.4 Å². The summed E-state index contributed by atoms with van der Waals surface area (Å²) in [6.07, 6.45) is 4.07. The van der Waals surface area contributed by atoms with E-state index in [1.807, 2.05) is 43.3 Å². The van der Waals surface area contributed by atoms with Crippen molar-refractivity contribution in [1.82, 2.24) is 10.9 Å². The molecule has 0 aliphatic carbocycles. The van der Waals surface area contributed by atoms with Crippen molar-refractivity contribution in [1.29, 1.82) is 0 Å². The number of benzene rings is 3. The minimum atomic E-state index is -0.267. The molecule has 1 heterocycles. The maximum Gasteiger partial charge on any atom is 0.265 e. The standard InChI is InChI=1S/C24H22FN3O/c1-2-26-27-24(29)20-9-7-17(8-10-20)16-28-22-6-4-3-5-18(22)11-12-19-13-14-21(25)15-23(19)28/h3-15,26H,2,16H2,1H3,(H,27,29). The zero-order chi connectivity index (χ0) is 20.2. The molecule has 3 aromatic rings. The average Bonchev–Trinajstić information content (AvgIpc) is 2.90. The van der Waals surface area contributed by atoms with Gasteiger partial charge in [-0.2, -0.15) is 0 Å². The van der Waals surface area contributed by atoms with Gasteiger partial charge in [0, 0.05) is 24.3 Å². The fraction of sp³-hybridized carbons (Fsp3) is 0.125. The number of carbonyl (C=O) groups is 1. The predicted octanol–water partition coefficient (Wildman–Crippen LogP) is 4.90. The maximum atomic E-state index is 14.1. The van der Waals surface area contributed by atoms with Crippen LogP contribution in [0.2, 0.25) is 0 Å². The fourth-order valence-corrected chi connectivity index (χ4v) is 3.43. The van der Waals surface area contributed by atoms with E-state index in [0.717, 1.165) is 28.1 Å². The lowest BCUT2D eigenvalue weighted by Gasteiger charge is -2.27. The van der Waals surface area contributed by atoms with Gasteiger partial charge >= 0.3 is 0 Å². The van der Waals surface area contributed by atoms with E-state index < -0.39 is 0 Å². The van der Waals surface area contributed by atoms with Gasteiger partial charge in [-0.25, -0.2) is 9.82 Å². The Balaban J connectivity index is 1.67. The number of hydrogen-bond acceptors (Lipinski definition) is 3. The van der Waals surface area contributed by atoms with E-state index in [4.69, 9.17) is 0 Å². The Bertz CT molecular complexity index is 1060. The van der Waals surface area contributed by atoms with Crippen molar-refractivity contribution in [2.24, 2.45) is 0 Å². The van der Waals surface area contributed by atoms with Crippen LogP contribution < -0.4 is 15.8 Å². The largest absolute Gasteiger partial charge is 0.336 e. The van der Waals surface area contributed by atoms with E-state index in [1.165, 1.54) is 6.07 Å². The molecule has 2 N–H and O–H groups in total. The Morgan fingerprint density at radius 2 is 1.66 bits per heavy atom. The van der Waals surface area contributed by atoms with E-state index >= 15 is 0 Å². The van der Waals surface area contributed by atoms with Crippen LogP contribution in [0.5, 0.6) is 0 Å². The van der Waals surface area contributed by atoms with Gasteiger partial charge in [0.15, 0.2) is 0 Å². The number of halogens is 1. The molecular weight excluding hydrogens is 365 g/mol. The van der Waals surface area contributed by atoms with E-state index in [0.29, 0.717) is 18.7 Å². The number of hydrogen-bond donors (Lipinski definition) is 2. The third-order valence-electron chi connectivity index (χ3n) is 4.89. The molecular formula is C24H22FN3O. The van der Waals surface area contributed by atoms with Crippen LogP contribution in [-0.2, 0) is 6.54 Å². The number of carbonyl (C=O) groups excluding carboxylic acids is 1. The van der Waals surface area contributed by atoms with E-state index in [1.54, 1.807) is 24.3 Å². The highest BCUT2D eigenvalue weighted by atomic mass is 19.1. The molecule has 0 radical (unpaired) electrons. The summed E-state index contributed by atoms with van der Waals surface area (Å²) in [7, 11) is 0. The van der Waals surface area contributed by atoms with Crippen molar-refractivity contribution in [3.63, 3.8) is 0 Å². The monoisotopic (exact) mass is 387 g/mol. The lowest BCUT2D eigenvalue weighted by Crippen LogP contribution is -2.37. The Morgan fingerprint density at radius 1 is 0.931 bits per heavy atom. The number of rotatable bonds is 5. The molecule has 0 bridgehead atoms. The maximum absolute atomic E-state index is 14.1. The third kappa shape index (κ3) is 4.05. The molecule has 0 atom stereocenters. The molecule has 0 unspecified atom stereocenters. The van der Waals surface area contributed by atoms with Gasteiger partial charge in [-0.1, -0.05) is 49.4 Å². The molecule has 0 spiro atoms. The van der Waals surface area contributed by atoms with Crippen LogP contribution in [-0.4, -0.2) is 12.5 Å². The number of nitrogens with zero attached hydrogens (tertiary/aromatic N) is 1. The first kappa shape index (κ1) is 18.9. The number of anilines is 2. The number of hydrazine groups is 1. The van der Waals surface area contributed by atoms with Crippen LogP contribution >= 0.6 is 0 Å². The molecule has 1 amide bonds. The van der Waals surface area contributed by atoms with Crippen molar-refractivity contribution < 1.29 is 9.18 Å². The quantitative estimate of drug-likeness (QED) is 0.612. The zero-order valence-electron chi connectivity index (χ0n) is 16.2. The smallest absolute Gasteiger partial charge is 0.265 e. The lowest BCUT2D eigenvalue weighted by atomic mass is 10.1. The summed E-state index contributed by atoms with van der Waals surface area (Å²) < 4.78 is 14.1. The lowest BCUT2D eigenvalue weighted by molar-refractivity contribution is 0.0934. The normalized spacial score (nSPS) is 12.1. The van der Waals surface area contributed by atoms with Crippen molar-refractivity contribution in [3.05, 3.63) is 94.8 Å². The number of nitrogens with one attached hydrogen (secondary N) is 2. The van der Waals surface area contributed by atoms with Crippen LogP contribution in [0.25, 0.3) is 12.2 Å². The van der Waals surface area contributed by atoms with Gasteiger partial charge in [0.25, 0.3) is 5.91 Å². The third-order valence-corrected chi connectivity index (χ3v) is 4.89. The van der Waals surface area contributed by atoms with Crippen molar-refractivity contribution in [3.8, 4) is 0 Å². The molecule has 29 heavy (non-hydrogen) atoms. The summed E-state index contributed by atoms with van der Waals surface area (Å²) in [5.41, 5.74) is 10.9. The summed E-state index contributed by atoms with van der Waals surface area (Å²) in [6, 6.07) is 20.4. The van der Waals surface area contributed by atoms with Crippen LogP contribution in [0.4, 0.5) is 15.8 Å². The van der Waals surface area contributed by atoms with E-state index in [2.05, 4.69) is 27.9 Å². The molecule has 0 saturated heterocycles. The van der Waals surface area contributed by atoms with Gasteiger partial charge in [0.2, 0.25) is 0 Å². The van der Waals surface area contributed by atoms with Gasteiger partial charge in [-0.05, 0) is 53.1 Å². The Kier molecular flexibility index (Phi) is 5.40. The SMILES string of the molecule is CCNNC(=O)c1ccc(CN2c3ccccc3C=Cc3ccc(F)cc32)cc1. The average molecular weight is 387 g/mol. The van der Waals surface area contributed by atoms with E-state index in [9.17, 15) is 9.18 Å². The summed E-state index contributed by atoms with van der Waals surface area (Å²) >= 11 is 0. The second-order valence-electron chi connectivity index (χ2n) is 6.86. The first-order valence-corrected chi connectivity index (χ1v) is 9.62. The van der Waals surface area contributed by atoms with Gasteiger partial charge in [0.1, 0.15) is 5.82 Å². The fourth-order valence-electron chi connectivity index (χ4n) is 3.43. The molecule has 146 valence electrons. The first-order valence-electron chi connectivity index (χ1n) is 9.62. The minimum absolute atomic E-state index is 0.171. The molecule has 1 aliphatic rings. The Hall–Kier alpha value is -3.44. The Labute approximate surface area is 169 Å². The number of para-hydroxylation sites is 1. The van der Waals surface area contributed by atoms with Gasteiger partial charge in [-0.15, -0.1) is 0 Å². The highest BCUT2D eigenvalue weighted by Crippen LogP contribution is 2.37. The molecule has 0 aromatic heterocycles. The van der Waals surface area contributed by atoms with Crippen LogP contribution in [0.15, 0.2) is 66.7 Å². The number of amides is 1. The second kappa shape index (κ2) is 8.29. The molecule has 1 aliphatic heterocycles.